The maximum absolute atomic E-state index is 12.4. The zero-order valence-electron chi connectivity index (χ0n) is 23.1. The number of esters is 2. The molecule has 11 heteroatoms. The number of carbonyl (C=O) groups is 4. The van der Waals surface area contributed by atoms with Gasteiger partial charge in [-0.05, 0) is 42.0 Å². The Balaban J connectivity index is 0.000000317. The maximum atomic E-state index is 12.4. The third-order valence-electron chi connectivity index (χ3n) is 5.46. The Morgan fingerprint density at radius 1 is 0.683 bits per heavy atom. The molecule has 3 rings (SSSR count). The number of carbonyl (C=O) groups excluding carboxylic acids is 4. The number of nitrogens with one attached hydrogen (secondary N) is 2. The van der Waals surface area contributed by atoms with Gasteiger partial charge < -0.3 is 34.7 Å². The van der Waals surface area contributed by atoms with Crippen LogP contribution in [0, 0.1) is 0 Å². The summed E-state index contributed by atoms with van der Waals surface area (Å²) in [6, 6.07) is 24.9. The van der Waals surface area contributed by atoms with Crippen LogP contribution in [0.25, 0.3) is 0 Å². The highest BCUT2D eigenvalue weighted by Gasteiger charge is 2.23. The summed E-state index contributed by atoms with van der Waals surface area (Å²) < 4.78 is 19.7. The zero-order chi connectivity index (χ0) is 30.0. The van der Waals surface area contributed by atoms with E-state index in [0.29, 0.717) is 11.4 Å². The smallest absolute Gasteiger partial charge is 0.308 e. The summed E-state index contributed by atoms with van der Waals surface area (Å²) in [5.74, 6) is -1.43. The highest BCUT2D eigenvalue weighted by Crippen LogP contribution is 2.15. The van der Waals surface area contributed by atoms with Gasteiger partial charge >= 0.3 is 11.9 Å². The van der Waals surface area contributed by atoms with E-state index >= 15 is 0 Å². The molecule has 0 bridgehead atoms. The molecule has 0 aromatic heterocycles. The first-order valence-electron chi connectivity index (χ1n) is 12.5. The quantitative estimate of drug-likeness (QED) is 0.281. The molecule has 3 N–H and O–H groups in total. The Kier molecular flexibility index (Phi) is 14.1. The van der Waals surface area contributed by atoms with E-state index in [-0.39, 0.29) is 19.4 Å². The van der Waals surface area contributed by atoms with Crippen LogP contribution in [0.5, 0.6) is 5.75 Å². The van der Waals surface area contributed by atoms with Crippen molar-refractivity contribution in [2.75, 3.05) is 32.0 Å². The Labute approximate surface area is 238 Å². The van der Waals surface area contributed by atoms with Crippen molar-refractivity contribution in [2.45, 2.75) is 31.7 Å². The van der Waals surface area contributed by atoms with Gasteiger partial charge in [-0.2, -0.15) is 0 Å². The van der Waals surface area contributed by atoms with Gasteiger partial charge in [-0.3, -0.25) is 19.2 Å². The molecule has 0 aliphatic carbocycles. The van der Waals surface area contributed by atoms with Gasteiger partial charge in [0, 0.05) is 11.4 Å². The average Bonchev–Trinajstić information content (AvgIpc) is 3.00. The number of aliphatic hydroxyl groups excluding tert-OH is 1. The minimum absolute atomic E-state index is 0.161. The molecule has 0 fully saturated rings. The van der Waals surface area contributed by atoms with Crippen molar-refractivity contribution in [3.05, 3.63) is 90.5 Å². The van der Waals surface area contributed by atoms with Crippen molar-refractivity contribution in [3.63, 3.8) is 0 Å². The third-order valence-corrected chi connectivity index (χ3v) is 5.46. The molecule has 0 heterocycles. The summed E-state index contributed by atoms with van der Waals surface area (Å²) in [6.45, 7) is 0.188. The summed E-state index contributed by atoms with van der Waals surface area (Å²) in [7, 11) is 4.06. The Bertz CT molecular complexity index is 1240. The van der Waals surface area contributed by atoms with Crippen LogP contribution in [-0.2, 0) is 40.0 Å². The SMILES string of the molecule is COC(=O)C[C@H](O)C(=O)Nc1ccccc1.COC(=O)C[C@H](OCc1ccc(OC)cc1)C(=O)Nc1ccccc1. The van der Waals surface area contributed by atoms with Crippen LogP contribution in [0.15, 0.2) is 84.9 Å². The van der Waals surface area contributed by atoms with Crippen molar-refractivity contribution < 1.29 is 43.2 Å². The summed E-state index contributed by atoms with van der Waals surface area (Å²) in [5.41, 5.74) is 2.06. The van der Waals surface area contributed by atoms with Crippen molar-refractivity contribution in [2.24, 2.45) is 0 Å². The van der Waals surface area contributed by atoms with E-state index in [1.807, 2.05) is 30.3 Å². The largest absolute Gasteiger partial charge is 0.497 e. The topological polar surface area (TPSA) is 149 Å². The van der Waals surface area contributed by atoms with E-state index in [0.717, 1.165) is 11.3 Å². The number of rotatable bonds is 12. The standard InChI is InChI=1S/C19H21NO5.C11H13NO4/c1-23-16-10-8-14(9-11-16)13-25-17(12-18(21)24-2)19(22)20-15-6-4-3-5-7-15;1-16-10(14)7-9(13)11(15)12-8-5-3-2-4-6-8/h3-11,17H,12-13H2,1-2H3,(H,20,22);2-6,9,13H,7H2,1H3,(H,12,15)/t17-;9-/m00/s1. The van der Waals surface area contributed by atoms with Gasteiger partial charge in [0.2, 0.25) is 0 Å². The van der Waals surface area contributed by atoms with Crippen molar-refractivity contribution >= 4 is 35.1 Å². The first-order chi connectivity index (χ1) is 19.7. The van der Waals surface area contributed by atoms with Gasteiger partial charge in [-0.25, -0.2) is 0 Å². The molecule has 11 nitrogen and oxygen atoms in total. The van der Waals surface area contributed by atoms with Crippen LogP contribution < -0.4 is 15.4 Å². The van der Waals surface area contributed by atoms with Gasteiger partial charge in [0.25, 0.3) is 11.8 Å². The molecule has 0 saturated carbocycles. The lowest BCUT2D eigenvalue weighted by molar-refractivity contribution is -0.148. The monoisotopic (exact) mass is 566 g/mol. The number of anilines is 2. The first kappa shape index (κ1) is 32.5. The summed E-state index contributed by atoms with van der Waals surface area (Å²) in [6.07, 6.45) is -2.86. The fourth-order valence-corrected chi connectivity index (χ4v) is 3.21. The van der Waals surface area contributed by atoms with E-state index in [1.54, 1.807) is 61.7 Å². The predicted octanol–water partition coefficient (Wildman–Crippen LogP) is 3.33. The number of hydrogen-bond donors (Lipinski definition) is 3. The molecule has 0 aliphatic rings. The highest BCUT2D eigenvalue weighted by molar-refractivity contribution is 5.96. The van der Waals surface area contributed by atoms with Crippen LogP contribution in [0.3, 0.4) is 0 Å². The molecule has 3 aromatic rings. The lowest BCUT2D eigenvalue weighted by Crippen LogP contribution is -2.33. The van der Waals surface area contributed by atoms with Crippen LogP contribution in [-0.4, -0.2) is 62.4 Å². The van der Waals surface area contributed by atoms with Crippen molar-refractivity contribution in [3.8, 4) is 5.75 Å². The van der Waals surface area contributed by atoms with Gasteiger partial charge in [0.15, 0.2) is 0 Å². The molecule has 0 spiro atoms. The maximum Gasteiger partial charge on any atom is 0.308 e. The number of amides is 2. The zero-order valence-corrected chi connectivity index (χ0v) is 23.1. The normalized spacial score (nSPS) is 11.5. The van der Waals surface area contributed by atoms with Gasteiger partial charge in [-0.15, -0.1) is 0 Å². The molecule has 41 heavy (non-hydrogen) atoms. The first-order valence-corrected chi connectivity index (χ1v) is 12.5. The highest BCUT2D eigenvalue weighted by atomic mass is 16.5. The summed E-state index contributed by atoms with van der Waals surface area (Å²) >= 11 is 0. The number of aliphatic hydroxyl groups is 1. The second kappa shape index (κ2) is 17.8. The summed E-state index contributed by atoms with van der Waals surface area (Å²) in [4.78, 5) is 46.2. The van der Waals surface area contributed by atoms with Gasteiger partial charge in [-0.1, -0.05) is 48.5 Å². The predicted molar refractivity (Wildman–Crippen MR) is 151 cm³/mol. The third kappa shape index (κ3) is 12.3. The van der Waals surface area contributed by atoms with Gasteiger partial charge in [0.1, 0.15) is 18.0 Å². The Morgan fingerprint density at radius 2 is 1.17 bits per heavy atom. The van der Waals surface area contributed by atoms with E-state index in [1.165, 1.54) is 14.2 Å². The lowest BCUT2D eigenvalue weighted by Gasteiger charge is -2.17. The number of methoxy groups -OCH3 is 3. The van der Waals surface area contributed by atoms with Crippen LogP contribution >= 0.6 is 0 Å². The van der Waals surface area contributed by atoms with Crippen LogP contribution in [0.1, 0.15) is 18.4 Å². The Morgan fingerprint density at radius 3 is 1.66 bits per heavy atom. The van der Waals surface area contributed by atoms with Crippen molar-refractivity contribution in [1.29, 1.82) is 0 Å². The number of ether oxygens (including phenoxy) is 4. The van der Waals surface area contributed by atoms with E-state index in [4.69, 9.17) is 9.47 Å². The average molecular weight is 567 g/mol. The summed E-state index contributed by atoms with van der Waals surface area (Å²) in [5, 5.41) is 14.6. The van der Waals surface area contributed by atoms with E-state index < -0.39 is 36.0 Å². The molecule has 2 amide bonds. The number of benzene rings is 3. The molecule has 218 valence electrons. The second-order valence-corrected chi connectivity index (χ2v) is 8.43. The molecule has 3 aromatic carbocycles. The lowest BCUT2D eigenvalue weighted by atomic mass is 10.2. The minimum Gasteiger partial charge on any atom is -0.497 e. The van der Waals surface area contributed by atoms with Crippen molar-refractivity contribution in [1.82, 2.24) is 0 Å². The molecule has 2 atom stereocenters. The fraction of sp³-hybridized carbons (Fsp3) is 0.267. The van der Waals surface area contributed by atoms with E-state index in [2.05, 4.69) is 20.1 Å². The van der Waals surface area contributed by atoms with E-state index in [9.17, 15) is 24.3 Å². The minimum atomic E-state index is -1.40. The second-order valence-electron chi connectivity index (χ2n) is 8.43. The molecule has 0 radical (unpaired) electrons. The molecular formula is C30H34N2O9. The Hall–Kier alpha value is -4.74. The van der Waals surface area contributed by atoms with Gasteiger partial charge in [0.05, 0.1) is 40.8 Å². The van der Waals surface area contributed by atoms with Crippen LogP contribution in [0.4, 0.5) is 11.4 Å². The number of hydrogen-bond acceptors (Lipinski definition) is 9. The molecular weight excluding hydrogens is 532 g/mol. The molecule has 0 unspecified atom stereocenters. The molecule has 0 saturated heterocycles. The van der Waals surface area contributed by atoms with Crippen LogP contribution in [0.2, 0.25) is 0 Å². The molecule has 0 aliphatic heterocycles. The number of para-hydroxylation sites is 2. The fourth-order valence-electron chi connectivity index (χ4n) is 3.21.